The number of anilines is 1. The molecule has 0 saturated carbocycles. The first-order valence-corrected chi connectivity index (χ1v) is 9.24. The molecule has 0 atom stereocenters. The van der Waals surface area contributed by atoms with Gasteiger partial charge in [0.05, 0.1) is 10.6 Å². The number of para-hydroxylation sites is 1. The average molecular weight is 450 g/mol. The summed E-state index contributed by atoms with van der Waals surface area (Å²) in [5.41, 5.74) is 1.38. The molecule has 0 N–H and O–H groups in total. The second kappa shape index (κ2) is 6.97. The van der Waals surface area contributed by atoms with Crippen molar-refractivity contribution in [3.8, 4) is 0 Å². The van der Waals surface area contributed by atoms with Crippen molar-refractivity contribution >= 4 is 55.1 Å². The van der Waals surface area contributed by atoms with Crippen LogP contribution in [-0.2, 0) is 14.8 Å². The van der Waals surface area contributed by atoms with Crippen molar-refractivity contribution in [3.05, 3.63) is 57.7 Å². The Bertz CT molecular complexity index is 791. The third kappa shape index (κ3) is 3.80. The lowest BCUT2D eigenvalue weighted by molar-refractivity contribution is -0.110. The van der Waals surface area contributed by atoms with Crippen LogP contribution in [0.2, 0.25) is 0 Å². The van der Waals surface area contributed by atoms with Crippen LogP contribution < -0.4 is 4.31 Å². The molecular weight excluding hydrogens is 437 g/mol. The van der Waals surface area contributed by atoms with Crippen molar-refractivity contribution in [2.45, 2.75) is 11.8 Å². The van der Waals surface area contributed by atoms with Crippen LogP contribution in [0.3, 0.4) is 0 Å². The van der Waals surface area contributed by atoms with E-state index in [0.717, 1.165) is 9.87 Å². The Morgan fingerprint density at radius 3 is 2.27 bits per heavy atom. The van der Waals surface area contributed by atoms with Crippen molar-refractivity contribution < 1.29 is 13.2 Å². The van der Waals surface area contributed by atoms with Crippen molar-refractivity contribution in [2.24, 2.45) is 0 Å². The number of benzene rings is 2. The van der Waals surface area contributed by atoms with Gasteiger partial charge in [-0.3, -0.25) is 9.10 Å². The Hall–Kier alpha value is -1.12. The summed E-state index contributed by atoms with van der Waals surface area (Å²) in [6.07, 6.45) is 0. The molecule has 0 aliphatic heterocycles. The molecule has 2 rings (SSSR count). The Balaban J connectivity index is 2.56. The van der Waals surface area contributed by atoms with E-state index in [1.807, 2.05) is 29.5 Å². The first-order chi connectivity index (χ1) is 10.3. The zero-order valence-electron chi connectivity index (χ0n) is 11.7. The van der Waals surface area contributed by atoms with E-state index in [-0.39, 0.29) is 4.90 Å². The van der Waals surface area contributed by atoms with E-state index >= 15 is 0 Å². The van der Waals surface area contributed by atoms with Crippen molar-refractivity contribution in [1.29, 1.82) is 0 Å². The van der Waals surface area contributed by atoms with Gasteiger partial charge in [-0.15, -0.1) is 0 Å². The molecule has 7 heteroatoms. The Morgan fingerprint density at radius 2 is 1.73 bits per heavy atom. The summed E-state index contributed by atoms with van der Waals surface area (Å²) in [6, 6.07) is 13.4. The number of aryl methyl sites for hydroxylation is 1. The number of halogens is 2. The molecule has 4 nitrogen and oxygen atoms in total. The zero-order chi connectivity index (χ0) is 16.3. The molecule has 0 radical (unpaired) electrons. The minimum Gasteiger partial charge on any atom is -0.279 e. The topological polar surface area (TPSA) is 54.5 Å². The zero-order valence-corrected chi connectivity index (χ0v) is 15.4. The molecule has 0 bridgehead atoms. The third-order valence-electron chi connectivity index (χ3n) is 3.00. The Morgan fingerprint density at radius 1 is 1.14 bits per heavy atom. The normalized spacial score (nSPS) is 11.2. The fourth-order valence-electron chi connectivity index (χ4n) is 1.90. The summed E-state index contributed by atoms with van der Waals surface area (Å²) in [6.45, 7) is 1.45. The number of nitrogens with zero attached hydrogens (tertiary/aromatic N) is 1. The fraction of sp³-hybridized carbons (Fsp3) is 0.133. The largest absolute Gasteiger partial charge is 0.279 e. The van der Waals surface area contributed by atoms with E-state index < -0.39 is 21.8 Å². The first kappa shape index (κ1) is 17.2. The number of hydrogen-bond donors (Lipinski definition) is 0. The third-order valence-corrected chi connectivity index (χ3v) is 5.80. The highest BCUT2D eigenvalue weighted by Crippen LogP contribution is 2.28. The molecule has 2 aromatic rings. The van der Waals surface area contributed by atoms with Gasteiger partial charge in [0.2, 0.25) is 5.24 Å². The van der Waals surface area contributed by atoms with E-state index in [1.54, 1.807) is 36.4 Å². The molecule has 22 heavy (non-hydrogen) atoms. The van der Waals surface area contributed by atoms with Gasteiger partial charge in [0, 0.05) is 3.57 Å². The second-order valence-electron chi connectivity index (χ2n) is 4.63. The van der Waals surface area contributed by atoms with Gasteiger partial charge in [0.1, 0.15) is 6.54 Å². The minimum absolute atomic E-state index is 0.121. The van der Waals surface area contributed by atoms with Gasteiger partial charge in [0.25, 0.3) is 10.0 Å². The van der Waals surface area contributed by atoms with Crippen LogP contribution in [0.4, 0.5) is 5.69 Å². The first-order valence-electron chi connectivity index (χ1n) is 6.34. The lowest BCUT2D eigenvalue weighted by Gasteiger charge is -2.24. The van der Waals surface area contributed by atoms with Gasteiger partial charge in [-0.1, -0.05) is 29.8 Å². The predicted molar refractivity (Wildman–Crippen MR) is 95.7 cm³/mol. The van der Waals surface area contributed by atoms with Crippen LogP contribution in [-0.4, -0.2) is 20.2 Å². The van der Waals surface area contributed by atoms with Crippen LogP contribution >= 0.6 is 34.2 Å². The second-order valence-corrected chi connectivity index (χ2v) is 8.08. The lowest BCUT2D eigenvalue weighted by Crippen LogP contribution is -2.35. The predicted octanol–water partition coefficient (Wildman–Crippen LogP) is 3.56. The number of carbonyl (C=O) groups excluding carboxylic acids is 1. The molecule has 0 aliphatic rings. The van der Waals surface area contributed by atoms with E-state index in [1.165, 1.54) is 12.1 Å². The molecule has 0 heterocycles. The Labute approximate surface area is 148 Å². The summed E-state index contributed by atoms with van der Waals surface area (Å²) in [5.74, 6) is 0. The number of sulfonamides is 1. The summed E-state index contributed by atoms with van der Waals surface area (Å²) < 4.78 is 27.4. The van der Waals surface area contributed by atoms with E-state index in [9.17, 15) is 13.2 Å². The fourth-order valence-corrected chi connectivity index (χ4v) is 4.38. The molecule has 0 amide bonds. The molecule has 2 aromatic carbocycles. The summed E-state index contributed by atoms with van der Waals surface area (Å²) >= 11 is 7.47. The lowest BCUT2D eigenvalue weighted by atomic mass is 10.2. The highest BCUT2D eigenvalue weighted by Gasteiger charge is 2.27. The van der Waals surface area contributed by atoms with Gasteiger partial charge in [-0.05, 0) is 65.4 Å². The smallest absolute Gasteiger partial charge is 0.264 e. The summed E-state index contributed by atoms with van der Waals surface area (Å²) in [5, 5.41) is -0.740. The standard InChI is InChI=1S/C15H13ClINO3S/c1-11-6-8-12(9-7-11)22(20,21)18(10-15(16)19)14-5-3-2-4-13(14)17/h2-9H,10H2,1H3. The van der Waals surface area contributed by atoms with Gasteiger partial charge >= 0.3 is 0 Å². The molecular formula is C15H13ClINO3S. The van der Waals surface area contributed by atoms with Crippen LogP contribution in [0, 0.1) is 10.5 Å². The maximum absolute atomic E-state index is 12.8. The average Bonchev–Trinajstić information content (AvgIpc) is 2.46. The SMILES string of the molecule is Cc1ccc(S(=O)(=O)N(CC(=O)Cl)c2ccccc2I)cc1. The van der Waals surface area contributed by atoms with Crippen LogP contribution in [0.25, 0.3) is 0 Å². The quantitative estimate of drug-likeness (QED) is 0.518. The van der Waals surface area contributed by atoms with Crippen LogP contribution in [0.5, 0.6) is 0 Å². The minimum atomic E-state index is -3.87. The monoisotopic (exact) mass is 449 g/mol. The molecule has 116 valence electrons. The highest BCUT2D eigenvalue weighted by molar-refractivity contribution is 14.1. The summed E-state index contributed by atoms with van der Waals surface area (Å²) in [7, 11) is -3.87. The van der Waals surface area contributed by atoms with Gasteiger partial charge < -0.3 is 0 Å². The van der Waals surface area contributed by atoms with Crippen molar-refractivity contribution in [3.63, 3.8) is 0 Å². The van der Waals surface area contributed by atoms with Gasteiger partial charge in [-0.2, -0.15) is 0 Å². The van der Waals surface area contributed by atoms with Crippen molar-refractivity contribution in [2.75, 3.05) is 10.8 Å². The van der Waals surface area contributed by atoms with Gasteiger partial charge in [0.15, 0.2) is 0 Å². The summed E-state index contributed by atoms with van der Waals surface area (Å²) in [4.78, 5) is 11.4. The van der Waals surface area contributed by atoms with E-state index in [0.29, 0.717) is 9.26 Å². The molecule has 0 saturated heterocycles. The van der Waals surface area contributed by atoms with Crippen LogP contribution in [0.1, 0.15) is 5.56 Å². The highest BCUT2D eigenvalue weighted by atomic mass is 127. The maximum atomic E-state index is 12.8. The molecule has 0 aromatic heterocycles. The molecule has 0 aliphatic carbocycles. The number of hydrogen-bond acceptors (Lipinski definition) is 3. The van der Waals surface area contributed by atoms with Crippen LogP contribution in [0.15, 0.2) is 53.4 Å². The maximum Gasteiger partial charge on any atom is 0.264 e. The molecule has 0 fully saturated rings. The Kier molecular flexibility index (Phi) is 5.46. The molecule has 0 spiro atoms. The van der Waals surface area contributed by atoms with E-state index in [4.69, 9.17) is 11.6 Å². The van der Waals surface area contributed by atoms with E-state index in [2.05, 4.69) is 0 Å². The van der Waals surface area contributed by atoms with Crippen molar-refractivity contribution in [1.82, 2.24) is 0 Å². The number of rotatable bonds is 5. The number of carbonyl (C=O) groups is 1. The molecule has 0 unspecified atom stereocenters. The van der Waals surface area contributed by atoms with Gasteiger partial charge in [-0.25, -0.2) is 8.42 Å².